The number of amides is 1. The fraction of sp³-hybridized carbons (Fsp3) is 0.350. The van der Waals surface area contributed by atoms with Crippen molar-refractivity contribution < 1.29 is 27.6 Å². The molecule has 2 aromatic rings. The zero-order valence-electron chi connectivity index (χ0n) is 15.1. The van der Waals surface area contributed by atoms with E-state index in [9.17, 15) is 18.0 Å². The zero-order valence-corrected chi connectivity index (χ0v) is 15.1. The molecular weight excluding hydrogens is 357 g/mol. The van der Waals surface area contributed by atoms with Crippen LogP contribution < -0.4 is 9.64 Å². The van der Waals surface area contributed by atoms with Crippen molar-refractivity contribution in [1.82, 2.24) is 4.90 Å². The fourth-order valence-corrected chi connectivity index (χ4v) is 3.41. The molecule has 1 saturated heterocycles. The van der Waals surface area contributed by atoms with Gasteiger partial charge >= 0.3 is 6.18 Å². The predicted octanol–water partition coefficient (Wildman–Crippen LogP) is 2.25. The van der Waals surface area contributed by atoms with E-state index >= 15 is 0 Å². The molecule has 0 aromatic heterocycles. The van der Waals surface area contributed by atoms with Crippen molar-refractivity contribution in [3.05, 3.63) is 65.2 Å². The fourth-order valence-electron chi connectivity index (χ4n) is 3.41. The SMILES string of the molecule is COc1ccccc1C(=O)N1CC[NH+](Cc2ccccc2C(F)(F)F)CC1. The van der Waals surface area contributed by atoms with E-state index in [1.165, 1.54) is 19.2 Å². The average Bonchev–Trinajstić information content (AvgIpc) is 2.67. The first-order valence-electron chi connectivity index (χ1n) is 8.81. The highest BCUT2D eigenvalue weighted by atomic mass is 19.4. The van der Waals surface area contributed by atoms with E-state index in [0.717, 1.165) is 11.0 Å². The van der Waals surface area contributed by atoms with Crippen LogP contribution in [0.15, 0.2) is 48.5 Å². The van der Waals surface area contributed by atoms with E-state index in [1.807, 2.05) is 0 Å². The number of hydrogen-bond acceptors (Lipinski definition) is 2. The summed E-state index contributed by atoms with van der Waals surface area (Å²) in [5.74, 6) is 0.415. The Morgan fingerprint density at radius 3 is 2.37 bits per heavy atom. The highest BCUT2D eigenvalue weighted by Gasteiger charge is 2.34. The lowest BCUT2D eigenvalue weighted by Gasteiger charge is -2.33. The third kappa shape index (κ3) is 4.42. The molecule has 1 aliphatic rings. The van der Waals surface area contributed by atoms with Crippen molar-refractivity contribution in [2.45, 2.75) is 12.7 Å². The first-order valence-corrected chi connectivity index (χ1v) is 8.81. The van der Waals surface area contributed by atoms with Gasteiger partial charge in [-0.2, -0.15) is 13.2 Å². The molecule has 0 atom stereocenters. The van der Waals surface area contributed by atoms with Gasteiger partial charge in [0.2, 0.25) is 0 Å². The number of hydrogen-bond donors (Lipinski definition) is 1. The second kappa shape index (κ2) is 8.00. The quantitative estimate of drug-likeness (QED) is 0.884. The van der Waals surface area contributed by atoms with Crippen molar-refractivity contribution >= 4 is 5.91 Å². The molecule has 3 rings (SSSR count). The molecule has 27 heavy (non-hydrogen) atoms. The Kier molecular flexibility index (Phi) is 5.70. The van der Waals surface area contributed by atoms with Gasteiger partial charge in [-0.15, -0.1) is 0 Å². The van der Waals surface area contributed by atoms with Crippen molar-refractivity contribution in [3.63, 3.8) is 0 Å². The molecule has 4 nitrogen and oxygen atoms in total. The summed E-state index contributed by atoms with van der Waals surface area (Å²) < 4.78 is 44.7. The van der Waals surface area contributed by atoms with Gasteiger partial charge in [-0.3, -0.25) is 4.79 Å². The Labute approximate surface area is 156 Å². The van der Waals surface area contributed by atoms with E-state index < -0.39 is 11.7 Å². The maximum absolute atomic E-state index is 13.2. The molecule has 0 bridgehead atoms. The molecule has 0 aliphatic carbocycles. The van der Waals surface area contributed by atoms with Gasteiger partial charge in [0, 0.05) is 5.56 Å². The van der Waals surface area contributed by atoms with Crippen molar-refractivity contribution in [3.8, 4) is 5.75 Å². The van der Waals surface area contributed by atoms with Gasteiger partial charge in [0.15, 0.2) is 0 Å². The van der Waals surface area contributed by atoms with Gasteiger partial charge in [-0.25, -0.2) is 0 Å². The first-order chi connectivity index (χ1) is 12.9. The van der Waals surface area contributed by atoms with Crippen LogP contribution >= 0.6 is 0 Å². The average molecular weight is 379 g/mol. The van der Waals surface area contributed by atoms with E-state index in [1.54, 1.807) is 35.2 Å². The number of benzene rings is 2. The number of nitrogens with one attached hydrogen (secondary N) is 1. The third-order valence-electron chi connectivity index (χ3n) is 4.86. The van der Waals surface area contributed by atoms with Crippen LogP contribution in [0.2, 0.25) is 0 Å². The number of para-hydroxylation sites is 1. The Balaban J connectivity index is 1.64. The summed E-state index contributed by atoms with van der Waals surface area (Å²) in [6.07, 6.45) is -4.35. The van der Waals surface area contributed by atoms with Gasteiger partial charge in [0.25, 0.3) is 5.91 Å². The highest BCUT2D eigenvalue weighted by molar-refractivity contribution is 5.97. The van der Waals surface area contributed by atoms with Gasteiger partial charge in [0.05, 0.1) is 44.4 Å². The van der Waals surface area contributed by atoms with Crippen LogP contribution in [-0.4, -0.2) is 44.1 Å². The van der Waals surface area contributed by atoms with E-state index in [-0.39, 0.29) is 5.91 Å². The third-order valence-corrected chi connectivity index (χ3v) is 4.86. The molecule has 0 unspecified atom stereocenters. The van der Waals surface area contributed by atoms with Gasteiger partial charge in [-0.05, 0) is 18.2 Å². The molecule has 1 heterocycles. The lowest BCUT2D eigenvalue weighted by molar-refractivity contribution is -0.917. The van der Waals surface area contributed by atoms with Crippen LogP contribution in [0.3, 0.4) is 0 Å². The Morgan fingerprint density at radius 1 is 1.07 bits per heavy atom. The summed E-state index contributed by atoms with van der Waals surface area (Å²) in [5.41, 5.74) is 0.223. The van der Waals surface area contributed by atoms with Crippen molar-refractivity contribution in [2.75, 3.05) is 33.3 Å². The number of ether oxygens (including phenoxy) is 1. The topological polar surface area (TPSA) is 34.0 Å². The summed E-state index contributed by atoms with van der Waals surface area (Å²) in [6.45, 7) is 2.51. The summed E-state index contributed by atoms with van der Waals surface area (Å²) >= 11 is 0. The molecule has 144 valence electrons. The van der Waals surface area contributed by atoms with Crippen LogP contribution in [0, 0.1) is 0 Å². The van der Waals surface area contributed by atoms with E-state index in [4.69, 9.17) is 4.74 Å². The van der Waals surface area contributed by atoms with Crippen LogP contribution in [0.4, 0.5) is 13.2 Å². The molecule has 1 aliphatic heterocycles. The van der Waals surface area contributed by atoms with E-state index in [2.05, 4.69) is 0 Å². The Hall–Kier alpha value is -2.54. The molecule has 7 heteroatoms. The maximum Gasteiger partial charge on any atom is 0.416 e. The lowest BCUT2D eigenvalue weighted by atomic mass is 10.1. The molecule has 0 saturated carbocycles. The highest BCUT2D eigenvalue weighted by Crippen LogP contribution is 2.31. The van der Waals surface area contributed by atoms with Crippen LogP contribution in [0.5, 0.6) is 5.75 Å². The monoisotopic (exact) mass is 379 g/mol. The molecule has 1 amide bonds. The summed E-state index contributed by atoms with van der Waals surface area (Å²) in [4.78, 5) is 15.5. The van der Waals surface area contributed by atoms with Gasteiger partial charge in [-0.1, -0.05) is 30.3 Å². The number of methoxy groups -OCH3 is 1. The zero-order chi connectivity index (χ0) is 19.4. The standard InChI is InChI=1S/C20H21F3N2O2/c1-27-18-9-5-3-7-16(18)19(26)25-12-10-24(11-13-25)14-15-6-2-4-8-17(15)20(21,22)23/h2-9H,10-14H2,1H3/p+1. The minimum atomic E-state index is -4.35. The minimum Gasteiger partial charge on any atom is -0.496 e. The number of carbonyl (C=O) groups excluding carboxylic acids is 1. The number of rotatable bonds is 4. The largest absolute Gasteiger partial charge is 0.496 e. The molecule has 2 aromatic carbocycles. The summed E-state index contributed by atoms with van der Waals surface area (Å²) in [5, 5.41) is 0. The maximum atomic E-state index is 13.2. The Bertz CT molecular complexity index is 800. The smallest absolute Gasteiger partial charge is 0.416 e. The van der Waals surface area contributed by atoms with Crippen LogP contribution in [0.1, 0.15) is 21.5 Å². The van der Waals surface area contributed by atoms with Crippen LogP contribution in [0.25, 0.3) is 0 Å². The molecule has 0 spiro atoms. The minimum absolute atomic E-state index is 0.109. The lowest BCUT2D eigenvalue weighted by Crippen LogP contribution is -3.13. The number of nitrogens with zero attached hydrogens (tertiary/aromatic N) is 1. The number of carbonyl (C=O) groups is 1. The number of quaternary nitrogens is 1. The summed E-state index contributed by atoms with van der Waals surface area (Å²) in [7, 11) is 1.52. The number of piperazine rings is 1. The molecule has 1 N–H and O–H groups in total. The normalized spacial score (nSPS) is 15.6. The van der Waals surface area contributed by atoms with Crippen molar-refractivity contribution in [1.29, 1.82) is 0 Å². The molecule has 0 radical (unpaired) electrons. The number of halogens is 3. The summed E-state index contributed by atoms with van der Waals surface area (Å²) in [6, 6.07) is 12.7. The second-order valence-electron chi connectivity index (χ2n) is 6.57. The second-order valence-corrected chi connectivity index (χ2v) is 6.57. The van der Waals surface area contributed by atoms with Crippen LogP contribution in [-0.2, 0) is 12.7 Å². The first kappa shape index (κ1) is 19.2. The van der Waals surface area contributed by atoms with Gasteiger partial charge < -0.3 is 14.5 Å². The van der Waals surface area contributed by atoms with E-state index in [0.29, 0.717) is 49.6 Å². The van der Waals surface area contributed by atoms with Crippen molar-refractivity contribution in [2.24, 2.45) is 0 Å². The number of alkyl halides is 3. The Morgan fingerprint density at radius 2 is 1.70 bits per heavy atom. The molecule has 1 fully saturated rings. The predicted molar refractivity (Wildman–Crippen MR) is 94.7 cm³/mol. The van der Waals surface area contributed by atoms with Gasteiger partial charge in [0.1, 0.15) is 12.3 Å². The molecular formula is C20H22F3N2O2+.